The van der Waals surface area contributed by atoms with Gasteiger partial charge in [-0.05, 0) is 25.5 Å². The third kappa shape index (κ3) is 1.37. The Kier molecular flexibility index (Phi) is 2.09. The maximum Gasteiger partial charge on any atom is 0.0475 e. The summed E-state index contributed by atoms with van der Waals surface area (Å²) < 4.78 is 0. The molecule has 10 heavy (non-hydrogen) atoms. The smallest absolute Gasteiger partial charge is 0.0475 e. The summed E-state index contributed by atoms with van der Waals surface area (Å²) in [4.78, 5) is 3.14. The molecule has 0 atom stereocenters. The van der Waals surface area contributed by atoms with E-state index in [4.69, 9.17) is 5.21 Å². The molecule has 0 bridgehead atoms. The van der Waals surface area contributed by atoms with Crippen molar-refractivity contribution in [3.8, 4) is 0 Å². The highest BCUT2D eigenvalue weighted by Crippen LogP contribution is 2.07. The molecule has 0 aliphatic carbocycles. The Morgan fingerprint density at radius 2 is 2.30 bits per heavy atom. The first-order chi connectivity index (χ1) is 4.74. The van der Waals surface area contributed by atoms with Gasteiger partial charge in [-0.1, -0.05) is 0 Å². The van der Waals surface area contributed by atoms with Gasteiger partial charge < -0.3 is 10.2 Å². The highest BCUT2D eigenvalue weighted by Gasteiger charge is 1.98. The quantitative estimate of drug-likeness (QED) is 0.539. The lowest BCUT2D eigenvalue weighted by molar-refractivity contribution is 0.161. The van der Waals surface area contributed by atoms with Gasteiger partial charge in [-0.3, -0.25) is 0 Å². The molecule has 0 spiro atoms. The van der Waals surface area contributed by atoms with Crippen molar-refractivity contribution in [3.05, 3.63) is 23.0 Å². The lowest BCUT2D eigenvalue weighted by Gasteiger charge is -1.94. The first-order valence-electron chi connectivity index (χ1n) is 3.26. The van der Waals surface area contributed by atoms with E-state index in [2.05, 4.69) is 10.5 Å². The van der Waals surface area contributed by atoms with Crippen LogP contribution < -0.4 is 5.48 Å². The van der Waals surface area contributed by atoms with Crippen LogP contribution in [0.4, 0.5) is 0 Å². The fourth-order valence-electron chi connectivity index (χ4n) is 1.05. The Morgan fingerprint density at radius 1 is 1.60 bits per heavy atom. The van der Waals surface area contributed by atoms with Gasteiger partial charge in [0.2, 0.25) is 0 Å². The van der Waals surface area contributed by atoms with Crippen molar-refractivity contribution in [2.24, 2.45) is 0 Å². The van der Waals surface area contributed by atoms with Crippen LogP contribution in [0.1, 0.15) is 17.0 Å². The molecule has 0 saturated heterocycles. The summed E-state index contributed by atoms with van der Waals surface area (Å²) in [6, 6.07) is 2.01. The second-order valence-electron chi connectivity index (χ2n) is 2.44. The van der Waals surface area contributed by atoms with Crippen molar-refractivity contribution < 1.29 is 5.21 Å². The van der Waals surface area contributed by atoms with Gasteiger partial charge in [-0.15, -0.1) is 0 Å². The zero-order valence-electron chi connectivity index (χ0n) is 6.23. The van der Waals surface area contributed by atoms with Gasteiger partial charge in [-0.25, -0.2) is 5.48 Å². The van der Waals surface area contributed by atoms with Crippen molar-refractivity contribution >= 4 is 0 Å². The summed E-state index contributed by atoms with van der Waals surface area (Å²) >= 11 is 0. The summed E-state index contributed by atoms with van der Waals surface area (Å²) in [5.41, 5.74) is 5.47. The van der Waals surface area contributed by atoms with E-state index >= 15 is 0 Å². The minimum absolute atomic E-state index is 0.510. The maximum atomic E-state index is 8.39. The summed E-state index contributed by atoms with van der Waals surface area (Å²) in [6.45, 7) is 4.49. The maximum absolute atomic E-state index is 8.39. The molecule has 0 aromatic carbocycles. The van der Waals surface area contributed by atoms with E-state index in [0.717, 1.165) is 17.0 Å². The molecule has 3 heteroatoms. The molecule has 3 N–H and O–H groups in total. The number of hydrogen-bond acceptors (Lipinski definition) is 2. The third-order valence-corrected chi connectivity index (χ3v) is 1.53. The SMILES string of the molecule is Cc1cc(CNO)c(C)[nH]1. The first kappa shape index (κ1) is 7.31. The predicted octanol–water partition coefficient (Wildman–Crippen LogP) is 1.11. The highest BCUT2D eigenvalue weighted by molar-refractivity contribution is 5.23. The number of aromatic amines is 1. The molecule has 0 radical (unpaired) electrons. The van der Waals surface area contributed by atoms with Gasteiger partial charge in [0.15, 0.2) is 0 Å². The zero-order valence-corrected chi connectivity index (χ0v) is 6.23. The largest absolute Gasteiger partial charge is 0.362 e. The number of aryl methyl sites for hydroxylation is 2. The minimum Gasteiger partial charge on any atom is -0.362 e. The van der Waals surface area contributed by atoms with Crippen LogP contribution in [-0.4, -0.2) is 10.2 Å². The van der Waals surface area contributed by atoms with E-state index in [1.807, 2.05) is 19.9 Å². The van der Waals surface area contributed by atoms with Crippen LogP contribution in [-0.2, 0) is 6.54 Å². The molecular formula is C7H12N2O. The van der Waals surface area contributed by atoms with Gasteiger partial charge in [0.05, 0.1) is 0 Å². The molecule has 3 nitrogen and oxygen atoms in total. The molecule has 0 aliphatic rings. The Bertz CT molecular complexity index is 217. The number of H-pyrrole nitrogens is 1. The van der Waals surface area contributed by atoms with Crippen molar-refractivity contribution in [2.45, 2.75) is 20.4 Å². The molecule has 56 valence electrons. The summed E-state index contributed by atoms with van der Waals surface area (Å²) in [6.07, 6.45) is 0. The average Bonchev–Trinajstić information content (AvgIpc) is 2.13. The fourth-order valence-corrected chi connectivity index (χ4v) is 1.05. The van der Waals surface area contributed by atoms with Gasteiger partial charge in [-0.2, -0.15) is 0 Å². The summed E-state index contributed by atoms with van der Waals surface area (Å²) in [5.74, 6) is 0. The van der Waals surface area contributed by atoms with E-state index in [0.29, 0.717) is 6.54 Å². The second-order valence-corrected chi connectivity index (χ2v) is 2.44. The zero-order chi connectivity index (χ0) is 7.56. The molecule has 0 unspecified atom stereocenters. The third-order valence-electron chi connectivity index (χ3n) is 1.53. The second kappa shape index (κ2) is 2.86. The Morgan fingerprint density at radius 3 is 2.70 bits per heavy atom. The standard InChI is InChI=1S/C7H12N2O/c1-5-3-7(4-8-10)6(2)9-5/h3,8-10H,4H2,1-2H3. The van der Waals surface area contributed by atoms with Gasteiger partial charge in [0.1, 0.15) is 0 Å². The summed E-state index contributed by atoms with van der Waals surface area (Å²) in [5, 5.41) is 8.39. The van der Waals surface area contributed by atoms with Gasteiger partial charge in [0, 0.05) is 17.9 Å². The van der Waals surface area contributed by atoms with Crippen LogP contribution in [0.15, 0.2) is 6.07 Å². The molecule has 1 rings (SSSR count). The van der Waals surface area contributed by atoms with E-state index < -0.39 is 0 Å². The van der Waals surface area contributed by atoms with Crippen LogP contribution in [0.25, 0.3) is 0 Å². The van der Waals surface area contributed by atoms with E-state index in [1.54, 1.807) is 0 Å². The van der Waals surface area contributed by atoms with Crippen LogP contribution in [0.3, 0.4) is 0 Å². The summed E-state index contributed by atoms with van der Waals surface area (Å²) in [7, 11) is 0. The Labute approximate surface area is 60.0 Å². The topological polar surface area (TPSA) is 48.0 Å². The normalized spacial score (nSPS) is 10.3. The molecule has 0 aliphatic heterocycles. The average molecular weight is 140 g/mol. The molecule has 1 aromatic rings. The molecular weight excluding hydrogens is 128 g/mol. The van der Waals surface area contributed by atoms with Crippen LogP contribution in [0.5, 0.6) is 0 Å². The number of aromatic nitrogens is 1. The number of nitrogens with one attached hydrogen (secondary N) is 2. The molecule has 0 fully saturated rings. The van der Waals surface area contributed by atoms with Crippen LogP contribution in [0, 0.1) is 13.8 Å². The van der Waals surface area contributed by atoms with Crippen molar-refractivity contribution in [1.82, 2.24) is 10.5 Å². The monoisotopic (exact) mass is 140 g/mol. The lowest BCUT2D eigenvalue weighted by atomic mass is 10.2. The van der Waals surface area contributed by atoms with E-state index in [9.17, 15) is 0 Å². The van der Waals surface area contributed by atoms with Gasteiger partial charge >= 0.3 is 0 Å². The highest BCUT2D eigenvalue weighted by atomic mass is 16.5. The molecule has 1 aromatic heterocycles. The fraction of sp³-hybridized carbons (Fsp3) is 0.429. The number of hydrogen-bond donors (Lipinski definition) is 3. The molecule has 0 saturated carbocycles. The molecule has 1 heterocycles. The molecule has 0 amide bonds. The number of rotatable bonds is 2. The van der Waals surface area contributed by atoms with Crippen molar-refractivity contribution in [1.29, 1.82) is 0 Å². The van der Waals surface area contributed by atoms with Crippen LogP contribution in [0.2, 0.25) is 0 Å². The number of hydroxylamine groups is 1. The van der Waals surface area contributed by atoms with Gasteiger partial charge in [0.25, 0.3) is 0 Å². The van der Waals surface area contributed by atoms with Crippen molar-refractivity contribution in [3.63, 3.8) is 0 Å². The lowest BCUT2D eigenvalue weighted by Crippen LogP contribution is -2.05. The van der Waals surface area contributed by atoms with E-state index in [-0.39, 0.29) is 0 Å². The predicted molar refractivity (Wildman–Crippen MR) is 38.9 cm³/mol. The first-order valence-corrected chi connectivity index (χ1v) is 3.26. The Balaban J connectivity index is 2.81. The van der Waals surface area contributed by atoms with Crippen LogP contribution >= 0.6 is 0 Å². The Hall–Kier alpha value is -0.800. The van der Waals surface area contributed by atoms with E-state index in [1.165, 1.54) is 0 Å². The van der Waals surface area contributed by atoms with Crippen molar-refractivity contribution in [2.75, 3.05) is 0 Å². The minimum atomic E-state index is 0.510.